The number of aliphatic hydroxyl groups is 1. The molecule has 0 saturated heterocycles. The summed E-state index contributed by atoms with van der Waals surface area (Å²) in [6.07, 6.45) is 0. The van der Waals surface area contributed by atoms with Gasteiger partial charge in [0.25, 0.3) is 0 Å². The number of amides is 2. The Bertz CT molecular complexity index is 435. The lowest BCUT2D eigenvalue weighted by molar-refractivity contribution is 0.176. The van der Waals surface area contributed by atoms with Crippen molar-refractivity contribution in [2.45, 2.75) is 26.3 Å². The molecule has 6 heteroatoms. The maximum Gasteiger partial charge on any atom is 0.317 e. The van der Waals surface area contributed by atoms with Crippen molar-refractivity contribution in [3.63, 3.8) is 0 Å². The Kier molecular flexibility index (Phi) is 6.11. The molecule has 0 spiro atoms. The van der Waals surface area contributed by atoms with E-state index in [1.807, 2.05) is 19.1 Å². The summed E-state index contributed by atoms with van der Waals surface area (Å²) in [7, 11) is 0. The van der Waals surface area contributed by atoms with Gasteiger partial charge in [-0.2, -0.15) is 0 Å². The molecule has 112 valence electrons. The van der Waals surface area contributed by atoms with Gasteiger partial charge in [0.1, 0.15) is 0 Å². The topological polar surface area (TPSA) is 79.8 Å². The van der Waals surface area contributed by atoms with Crippen LogP contribution in [-0.4, -0.2) is 36.6 Å². The van der Waals surface area contributed by atoms with Gasteiger partial charge in [-0.25, -0.2) is 4.79 Å². The Morgan fingerprint density at radius 2 is 1.85 bits per heavy atom. The monoisotopic (exact) mass is 282 g/mol. The molecule has 0 aliphatic heterocycles. The summed E-state index contributed by atoms with van der Waals surface area (Å²) in [6, 6.07) is 6.84. The predicted molar refractivity (Wildman–Crippen MR) is 75.9 cm³/mol. The van der Waals surface area contributed by atoms with Crippen molar-refractivity contribution >= 4 is 6.03 Å². The molecular formula is C14H22N2O4. The van der Waals surface area contributed by atoms with E-state index in [0.717, 1.165) is 0 Å². The average molecular weight is 282 g/mol. The molecule has 0 atom stereocenters. The van der Waals surface area contributed by atoms with E-state index in [1.54, 1.807) is 26.0 Å². The largest absolute Gasteiger partial charge is 0.490 e. The molecule has 0 unspecified atom stereocenters. The summed E-state index contributed by atoms with van der Waals surface area (Å²) < 4.78 is 10.9. The average Bonchev–Trinajstić information content (AvgIpc) is 2.40. The van der Waals surface area contributed by atoms with E-state index in [2.05, 4.69) is 10.6 Å². The van der Waals surface area contributed by atoms with Crippen LogP contribution in [0, 0.1) is 0 Å². The van der Waals surface area contributed by atoms with Crippen molar-refractivity contribution < 1.29 is 19.4 Å². The number of benzene rings is 1. The Morgan fingerprint density at radius 1 is 1.25 bits per heavy atom. The lowest BCUT2D eigenvalue weighted by atomic mass is 10.1. The van der Waals surface area contributed by atoms with Gasteiger partial charge in [-0.05, 0) is 32.9 Å². The fourth-order valence-corrected chi connectivity index (χ4v) is 1.41. The highest BCUT2D eigenvalue weighted by atomic mass is 16.5. The number of hydrogen-bond acceptors (Lipinski definition) is 4. The molecule has 0 fully saturated rings. The van der Waals surface area contributed by atoms with Gasteiger partial charge < -0.3 is 25.2 Å². The number of urea groups is 1. The standard InChI is InChI=1S/C14H22N2O4/c1-4-19-11-7-5-6-8-12(11)20-10-15-13(18)16-14(2,3)9-17/h5-8,17H,4,9-10H2,1-3H3,(H2,15,16,18). The summed E-state index contributed by atoms with van der Waals surface area (Å²) >= 11 is 0. The summed E-state index contributed by atoms with van der Waals surface area (Å²) in [6.45, 7) is 5.74. The zero-order valence-electron chi connectivity index (χ0n) is 12.1. The third kappa shape index (κ3) is 5.36. The Morgan fingerprint density at radius 3 is 2.40 bits per heavy atom. The van der Waals surface area contributed by atoms with Crippen LogP contribution in [0.4, 0.5) is 4.79 Å². The van der Waals surface area contributed by atoms with Crippen molar-refractivity contribution in [1.29, 1.82) is 0 Å². The van der Waals surface area contributed by atoms with Gasteiger partial charge in [0.2, 0.25) is 0 Å². The van der Waals surface area contributed by atoms with Crippen LogP contribution in [-0.2, 0) is 0 Å². The van der Waals surface area contributed by atoms with E-state index in [-0.39, 0.29) is 13.3 Å². The highest BCUT2D eigenvalue weighted by molar-refractivity contribution is 5.74. The molecule has 0 saturated carbocycles. The molecule has 0 aromatic heterocycles. The second-order valence-electron chi connectivity index (χ2n) is 4.84. The van der Waals surface area contributed by atoms with Crippen LogP contribution in [0.2, 0.25) is 0 Å². The number of carbonyl (C=O) groups excluding carboxylic acids is 1. The Balaban J connectivity index is 2.43. The van der Waals surface area contributed by atoms with Crippen molar-refractivity contribution in [2.75, 3.05) is 19.9 Å². The van der Waals surface area contributed by atoms with E-state index >= 15 is 0 Å². The summed E-state index contributed by atoms with van der Waals surface area (Å²) in [5.74, 6) is 1.20. The van der Waals surface area contributed by atoms with E-state index in [1.165, 1.54) is 0 Å². The molecule has 0 aliphatic carbocycles. The van der Waals surface area contributed by atoms with E-state index in [9.17, 15) is 4.79 Å². The fourth-order valence-electron chi connectivity index (χ4n) is 1.41. The number of ether oxygens (including phenoxy) is 2. The van der Waals surface area contributed by atoms with Crippen LogP contribution in [0.25, 0.3) is 0 Å². The van der Waals surface area contributed by atoms with Gasteiger partial charge >= 0.3 is 6.03 Å². The minimum atomic E-state index is -0.673. The maximum absolute atomic E-state index is 11.6. The highest BCUT2D eigenvalue weighted by Gasteiger charge is 2.18. The third-order valence-corrected chi connectivity index (χ3v) is 2.46. The van der Waals surface area contributed by atoms with E-state index < -0.39 is 11.6 Å². The van der Waals surface area contributed by atoms with Crippen LogP contribution >= 0.6 is 0 Å². The quantitative estimate of drug-likeness (QED) is 0.662. The zero-order chi connectivity index (χ0) is 15.0. The smallest absolute Gasteiger partial charge is 0.317 e. The molecule has 1 aromatic rings. The molecule has 20 heavy (non-hydrogen) atoms. The number of rotatable bonds is 7. The molecule has 0 bridgehead atoms. The van der Waals surface area contributed by atoms with Crippen LogP contribution in [0.15, 0.2) is 24.3 Å². The van der Waals surface area contributed by atoms with E-state index in [0.29, 0.717) is 18.1 Å². The summed E-state index contributed by atoms with van der Waals surface area (Å²) in [4.78, 5) is 11.6. The van der Waals surface area contributed by atoms with Gasteiger partial charge in [-0.3, -0.25) is 0 Å². The number of aliphatic hydroxyl groups excluding tert-OH is 1. The van der Waals surface area contributed by atoms with Gasteiger partial charge in [0.15, 0.2) is 18.2 Å². The van der Waals surface area contributed by atoms with Crippen LogP contribution in [0.5, 0.6) is 11.5 Å². The lowest BCUT2D eigenvalue weighted by Gasteiger charge is -2.23. The van der Waals surface area contributed by atoms with Crippen LogP contribution in [0.3, 0.4) is 0 Å². The molecule has 6 nitrogen and oxygen atoms in total. The van der Waals surface area contributed by atoms with Crippen molar-refractivity contribution in [3.8, 4) is 11.5 Å². The highest BCUT2D eigenvalue weighted by Crippen LogP contribution is 2.25. The van der Waals surface area contributed by atoms with Gasteiger partial charge in [0, 0.05) is 0 Å². The molecule has 1 rings (SSSR count). The first-order chi connectivity index (χ1) is 9.48. The van der Waals surface area contributed by atoms with Gasteiger partial charge in [-0.1, -0.05) is 12.1 Å². The molecule has 2 amide bonds. The fraction of sp³-hybridized carbons (Fsp3) is 0.500. The normalized spacial score (nSPS) is 10.8. The van der Waals surface area contributed by atoms with Crippen molar-refractivity contribution in [2.24, 2.45) is 0 Å². The zero-order valence-corrected chi connectivity index (χ0v) is 12.1. The first-order valence-electron chi connectivity index (χ1n) is 6.50. The molecule has 0 aliphatic rings. The van der Waals surface area contributed by atoms with E-state index in [4.69, 9.17) is 14.6 Å². The predicted octanol–water partition coefficient (Wildman–Crippen LogP) is 1.49. The van der Waals surface area contributed by atoms with Crippen molar-refractivity contribution in [3.05, 3.63) is 24.3 Å². The molecule has 1 aromatic carbocycles. The first kappa shape index (κ1) is 16.1. The van der Waals surface area contributed by atoms with Crippen LogP contribution in [0.1, 0.15) is 20.8 Å². The number of para-hydroxylation sites is 2. The number of hydrogen-bond donors (Lipinski definition) is 3. The van der Waals surface area contributed by atoms with Gasteiger partial charge in [-0.15, -0.1) is 0 Å². The molecule has 0 heterocycles. The number of carbonyl (C=O) groups is 1. The first-order valence-corrected chi connectivity index (χ1v) is 6.50. The lowest BCUT2D eigenvalue weighted by Crippen LogP contribution is -2.51. The van der Waals surface area contributed by atoms with Gasteiger partial charge in [0.05, 0.1) is 18.8 Å². The molecule has 0 radical (unpaired) electrons. The second-order valence-corrected chi connectivity index (χ2v) is 4.84. The van der Waals surface area contributed by atoms with Crippen molar-refractivity contribution in [1.82, 2.24) is 10.6 Å². The summed E-state index contributed by atoms with van der Waals surface area (Å²) in [5.41, 5.74) is -0.673. The Labute approximate surface area is 119 Å². The molecule has 3 N–H and O–H groups in total. The molecular weight excluding hydrogens is 260 g/mol. The third-order valence-electron chi connectivity index (χ3n) is 2.46. The van der Waals surface area contributed by atoms with Crippen LogP contribution < -0.4 is 20.1 Å². The minimum absolute atomic E-state index is 0.0113. The maximum atomic E-state index is 11.6. The minimum Gasteiger partial charge on any atom is -0.490 e. The summed E-state index contributed by atoms with van der Waals surface area (Å²) in [5, 5.41) is 14.2. The SMILES string of the molecule is CCOc1ccccc1OCNC(=O)NC(C)(C)CO. The number of nitrogens with one attached hydrogen (secondary N) is 2. The Hall–Kier alpha value is -1.95. The second kappa shape index (κ2) is 7.59.